The first-order valence-electron chi connectivity index (χ1n) is 6.09. The number of nitrogens with zero attached hydrogens (tertiary/aromatic N) is 3. The lowest BCUT2D eigenvalue weighted by Crippen LogP contribution is -2.09. The van der Waals surface area contributed by atoms with Crippen LogP contribution in [-0.2, 0) is 11.8 Å². The van der Waals surface area contributed by atoms with Crippen LogP contribution < -0.4 is 0 Å². The van der Waals surface area contributed by atoms with Gasteiger partial charge in [-0.05, 0) is 18.9 Å². The van der Waals surface area contributed by atoms with Crippen LogP contribution in [0.3, 0.4) is 0 Å². The smallest absolute Gasteiger partial charge is 0.357 e. The highest BCUT2D eigenvalue weighted by molar-refractivity contribution is 6.02. The van der Waals surface area contributed by atoms with Crippen molar-refractivity contribution in [3.63, 3.8) is 0 Å². The summed E-state index contributed by atoms with van der Waals surface area (Å²) in [7, 11) is 1.90. The number of hydrogen-bond donors (Lipinski definition) is 0. The standard InChI is InChI=1S/C13H17N3O2/c1-4-5-6-18-13(17)11-10-9(2)7-16(3)12(10)15-8-14-11/h7-8H,4-6H2,1-3H3. The first-order chi connectivity index (χ1) is 8.65. The lowest BCUT2D eigenvalue weighted by molar-refractivity contribution is 0.0495. The molecule has 0 aliphatic rings. The highest BCUT2D eigenvalue weighted by Gasteiger charge is 2.17. The van der Waals surface area contributed by atoms with E-state index in [0.717, 1.165) is 29.4 Å². The van der Waals surface area contributed by atoms with Gasteiger partial charge in [-0.1, -0.05) is 13.3 Å². The third-order valence-electron chi connectivity index (χ3n) is 2.87. The van der Waals surface area contributed by atoms with E-state index in [1.165, 1.54) is 6.33 Å². The maximum Gasteiger partial charge on any atom is 0.357 e. The van der Waals surface area contributed by atoms with Crippen LogP contribution in [0.5, 0.6) is 0 Å². The lowest BCUT2D eigenvalue weighted by Gasteiger charge is -2.04. The number of aryl methyl sites for hydroxylation is 2. The molecule has 0 saturated heterocycles. The molecule has 2 heterocycles. The molecule has 5 heteroatoms. The van der Waals surface area contributed by atoms with Crippen LogP contribution in [0, 0.1) is 6.92 Å². The minimum absolute atomic E-state index is 0.356. The second-order valence-corrected chi connectivity index (χ2v) is 4.33. The second-order valence-electron chi connectivity index (χ2n) is 4.33. The van der Waals surface area contributed by atoms with Gasteiger partial charge in [-0.3, -0.25) is 0 Å². The average Bonchev–Trinajstić information content (AvgIpc) is 2.65. The molecule has 96 valence electrons. The molecular formula is C13H17N3O2. The largest absolute Gasteiger partial charge is 0.461 e. The number of carbonyl (C=O) groups excluding carboxylic acids is 1. The summed E-state index contributed by atoms with van der Waals surface area (Å²) in [6, 6.07) is 0. The molecule has 2 aromatic rings. The summed E-state index contributed by atoms with van der Waals surface area (Å²) in [5.41, 5.74) is 2.09. The van der Waals surface area contributed by atoms with Crippen molar-refractivity contribution in [3.8, 4) is 0 Å². The maximum atomic E-state index is 12.0. The zero-order valence-electron chi connectivity index (χ0n) is 10.9. The summed E-state index contributed by atoms with van der Waals surface area (Å²) < 4.78 is 7.09. The Labute approximate surface area is 106 Å². The van der Waals surface area contributed by atoms with Crippen LogP contribution in [0.2, 0.25) is 0 Å². The molecule has 18 heavy (non-hydrogen) atoms. The summed E-state index contributed by atoms with van der Waals surface area (Å²) >= 11 is 0. The van der Waals surface area contributed by atoms with Gasteiger partial charge in [-0.2, -0.15) is 0 Å². The Morgan fingerprint density at radius 1 is 1.44 bits per heavy atom. The van der Waals surface area contributed by atoms with E-state index in [2.05, 4.69) is 16.9 Å². The summed E-state index contributed by atoms with van der Waals surface area (Å²) in [6.45, 7) is 4.43. The minimum atomic E-state index is -0.370. The molecule has 5 nitrogen and oxygen atoms in total. The number of fused-ring (bicyclic) bond motifs is 1. The first-order valence-corrected chi connectivity index (χ1v) is 6.09. The van der Waals surface area contributed by atoms with Gasteiger partial charge in [0.2, 0.25) is 0 Å². The Kier molecular flexibility index (Phi) is 3.60. The predicted molar refractivity (Wildman–Crippen MR) is 68.4 cm³/mol. The molecule has 0 saturated carbocycles. The Hall–Kier alpha value is -1.91. The van der Waals surface area contributed by atoms with Gasteiger partial charge in [0, 0.05) is 13.2 Å². The monoisotopic (exact) mass is 247 g/mol. The van der Waals surface area contributed by atoms with Gasteiger partial charge in [0.1, 0.15) is 12.0 Å². The zero-order valence-corrected chi connectivity index (χ0v) is 10.9. The van der Waals surface area contributed by atoms with Crippen molar-refractivity contribution < 1.29 is 9.53 Å². The van der Waals surface area contributed by atoms with Gasteiger partial charge in [-0.15, -0.1) is 0 Å². The number of carbonyl (C=O) groups is 1. The molecule has 0 amide bonds. The lowest BCUT2D eigenvalue weighted by atomic mass is 10.2. The number of esters is 1. The van der Waals surface area contributed by atoms with Crippen molar-refractivity contribution in [3.05, 3.63) is 23.8 Å². The number of ether oxygens (including phenoxy) is 1. The topological polar surface area (TPSA) is 57.0 Å². The third-order valence-corrected chi connectivity index (χ3v) is 2.87. The normalized spacial score (nSPS) is 10.8. The summed E-state index contributed by atoms with van der Waals surface area (Å²) in [5.74, 6) is -0.370. The first kappa shape index (κ1) is 12.5. The van der Waals surface area contributed by atoms with E-state index >= 15 is 0 Å². The van der Waals surface area contributed by atoms with E-state index in [-0.39, 0.29) is 5.97 Å². The van der Waals surface area contributed by atoms with Crippen molar-refractivity contribution in [2.24, 2.45) is 7.05 Å². The fraction of sp³-hybridized carbons (Fsp3) is 0.462. The van der Waals surface area contributed by atoms with Crippen LogP contribution in [-0.4, -0.2) is 27.1 Å². The number of rotatable bonds is 4. The van der Waals surface area contributed by atoms with Gasteiger partial charge < -0.3 is 9.30 Å². The fourth-order valence-corrected chi connectivity index (χ4v) is 1.96. The maximum absolute atomic E-state index is 12.0. The van der Waals surface area contributed by atoms with E-state index in [1.807, 2.05) is 24.7 Å². The van der Waals surface area contributed by atoms with Crippen LogP contribution in [0.25, 0.3) is 11.0 Å². The molecule has 0 aromatic carbocycles. The number of unbranched alkanes of at least 4 members (excludes halogenated alkanes) is 1. The number of hydrogen-bond acceptors (Lipinski definition) is 4. The second kappa shape index (κ2) is 5.16. The predicted octanol–water partition coefficient (Wildman–Crippen LogP) is 2.23. The average molecular weight is 247 g/mol. The van der Waals surface area contributed by atoms with Crippen LogP contribution >= 0.6 is 0 Å². The summed E-state index contributed by atoms with van der Waals surface area (Å²) in [4.78, 5) is 20.2. The molecule has 0 unspecified atom stereocenters. The van der Waals surface area contributed by atoms with Gasteiger partial charge >= 0.3 is 5.97 Å². The molecule has 0 bridgehead atoms. The van der Waals surface area contributed by atoms with E-state index in [4.69, 9.17) is 4.74 Å². The van der Waals surface area contributed by atoms with Gasteiger partial charge in [0.15, 0.2) is 5.69 Å². The SMILES string of the molecule is CCCCOC(=O)c1ncnc2c1c(C)cn2C. The summed E-state index contributed by atoms with van der Waals surface area (Å²) in [6.07, 6.45) is 5.20. The molecular weight excluding hydrogens is 230 g/mol. The molecule has 0 aliphatic heterocycles. The minimum Gasteiger partial charge on any atom is -0.461 e. The van der Waals surface area contributed by atoms with Gasteiger partial charge in [0.05, 0.1) is 12.0 Å². The van der Waals surface area contributed by atoms with Crippen molar-refractivity contribution >= 4 is 17.0 Å². The Morgan fingerprint density at radius 2 is 2.22 bits per heavy atom. The highest BCUT2D eigenvalue weighted by Crippen LogP contribution is 2.21. The Bertz CT molecular complexity index is 575. The van der Waals surface area contributed by atoms with Crippen LogP contribution in [0.4, 0.5) is 0 Å². The van der Waals surface area contributed by atoms with Gasteiger partial charge in [-0.25, -0.2) is 14.8 Å². The summed E-state index contributed by atoms with van der Waals surface area (Å²) in [5, 5.41) is 0.779. The molecule has 0 atom stereocenters. The van der Waals surface area contributed by atoms with Crippen LogP contribution in [0.15, 0.2) is 12.5 Å². The Morgan fingerprint density at radius 3 is 2.94 bits per heavy atom. The van der Waals surface area contributed by atoms with Gasteiger partial charge in [0.25, 0.3) is 0 Å². The quantitative estimate of drug-likeness (QED) is 0.614. The van der Waals surface area contributed by atoms with E-state index in [9.17, 15) is 4.79 Å². The molecule has 0 radical (unpaired) electrons. The molecule has 0 spiro atoms. The molecule has 2 rings (SSSR count). The van der Waals surface area contributed by atoms with Crippen molar-refractivity contribution in [1.29, 1.82) is 0 Å². The number of aromatic nitrogens is 3. The molecule has 0 fully saturated rings. The van der Waals surface area contributed by atoms with E-state index in [0.29, 0.717) is 12.3 Å². The fourth-order valence-electron chi connectivity index (χ4n) is 1.96. The van der Waals surface area contributed by atoms with Crippen molar-refractivity contribution in [1.82, 2.24) is 14.5 Å². The van der Waals surface area contributed by atoms with Crippen LogP contribution in [0.1, 0.15) is 35.8 Å². The van der Waals surface area contributed by atoms with Crippen molar-refractivity contribution in [2.75, 3.05) is 6.61 Å². The van der Waals surface area contributed by atoms with Crippen molar-refractivity contribution in [2.45, 2.75) is 26.7 Å². The molecule has 0 aliphatic carbocycles. The Balaban J connectivity index is 2.36. The highest BCUT2D eigenvalue weighted by atomic mass is 16.5. The molecule has 2 aromatic heterocycles. The zero-order chi connectivity index (χ0) is 13.1. The molecule has 0 N–H and O–H groups in total. The third kappa shape index (κ3) is 2.20. The van der Waals surface area contributed by atoms with E-state index < -0.39 is 0 Å². The van der Waals surface area contributed by atoms with E-state index in [1.54, 1.807) is 0 Å².